The molecule has 7 heteroatoms. The molecule has 1 atom stereocenters. The van der Waals surface area contributed by atoms with Crippen molar-refractivity contribution in [3.63, 3.8) is 0 Å². The Balaban J connectivity index is 1.58. The zero-order chi connectivity index (χ0) is 19.9. The number of benzene rings is 1. The smallest absolute Gasteiger partial charge is 0.231 e. The van der Waals surface area contributed by atoms with E-state index in [0.717, 1.165) is 29.4 Å². The van der Waals surface area contributed by atoms with Crippen LogP contribution in [0.4, 0.5) is 0 Å². The van der Waals surface area contributed by atoms with E-state index >= 15 is 0 Å². The van der Waals surface area contributed by atoms with Gasteiger partial charge in [0.05, 0.1) is 11.8 Å². The van der Waals surface area contributed by atoms with Crippen LogP contribution in [0.25, 0.3) is 0 Å². The maximum atomic E-state index is 12.5. The molecular weight excluding hydrogens is 372 g/mol. The number of nitrogens with zero attached hydrogens (tertiary/aromatic N) is 3. The molecule has 0 aliphatic heterocycles. The van der Waals surface area contributed by atoms with Crippen molar-refractivity contribution in [2.75, 3.05) is 5.75 Å². The zero-order valence-electron chi connectivity index (χ0n) is 16.6. The van der Waals surface area contributed by atoms with Crippen LogP contribution in [-0.4, -0.2) is 38.2 Å². The summed E-state index contributed by atoms with van der Waals surface area (Å²) in [5, 5.41) is 12.2. The van der Waals surface area contributed by atoms with E-state index in [-0.39, 0.29) is 17.4 Å². The summed E-state index contributed by atoms with van der Waals surface area (Å²) in [5.41, 5.74) is 1.03. The van der Waals surface area contributed by atoms with Crippen molar-refractivity contribution in [1.82, 2.24) is 20.1 Å². The van der Waals surface area contributed by atoms with Crippen molar-refractivity contribution in [3.8, 4) is 0 Å². The molecule has 1 aromatic carbocycles. The van der Waals surface area contributed by atoms with E-state index in [1.165, 1.54) is 37.9 Å². The zero-order valence-corrected chi connectivity index (χ0v) is 17.4. The van der Waals surface area contributed by atoms with Crippen molar-refractivity contribution >= 4 is 23.5 Å². The fraction of sp³-hybridized carbons (Fsp3) is 0.524. The van der Waals surface area contributed by atoms with Gasteiger partial charge in [-0.05, 0) is 38.7 Å². The Morgan fingerprint density at radius 3 is 2.57 bits per heavy atom. The minimum Gasteiger partial charge on any atom is -0.345 e. The van der Waals surface area contributed by atoms with Crippen LogP contribution in [0.15, 0.2) is 35.5 Å². The number of carbonyl (C=O) groups is 2. The van der Waals surface area contributed by atoms with Crippen LogP contribution in [0.1, 0.15) is 56.5 Å². The van der Waals surface area contributed by atoms with Crippen LogP contribution in [0.5, 0.6) is 0 Å². The first-order valence-electron chi connectivity index (χ1n) is 9.92. The normalized spacial score (nSPS) is 15.9. The summed E-state index contributed by atoms with van der Waals surface area (Å²) in [6, 6.07) is 9.66. The van der Waals surface area contributed by atoms with Crippen LogP contribution < -0.4 is 5.32 Å². The fourth-order valence-electron chi connectivity index (χ4n) is 3.72. The molecule has 1 heterocycles. The highest BCUT2D eigenvalue weighted by molar-refractivity contribution is 7.99. The number of nitrogens with one attached hydrogen (secondary N) is 1. The Kier molecular flexibility index (Phi) is 7.25. The number of ketones is 1. The van der Waals surface area contributed by atoms with Crippen molar-refractivity contribution in [3.05, 3.63) is 41.7 Å². The van der Waals surface area contributed by atoms with E-state index in [2.05, 4.69) is 20.1 Å². The van der Waals surface area contributed by atoms with Crippen LogP contribution in [0.3, 0.4) is 0 Å². The van der Waals surface area contributed by atoms with Gasteiger partial charge in [0.2, 0.25) is 5.91 Å². The molecule has 0 spiro atoms. The second-order valence-electron chi connectivity index (χ2n) is 7.40. The lowest BCUT2D eigenvalue weighted by atomic mass is 9.95. The van der Waals surface area contributed by atoms with Crippen LogP contribution in [-0.2, 0) is 16.0 Å². The van der Waals surface area contributed by atoms with Crippen LogP contribution in [0, 0.1) is 6.92 Å². The highest BCUT2D eigenvalue weighted by Crippen LogP contribution is 2.32. The molecule has 1 saturated carbocycles. The van der Waals surface area contributed by atoms with Gasteiger partial charge < -0.3 is 9.88 Å². The third kappa shape index (κ3) is 5.44. The molecule has 1 fully saturated rings. The first-order valence-corrected chi connectivity index (χ1v) is 10.9. The summed E-state index contributed by atoms with van der Waals surface area (Å²) in [6.45, 7) is 3.49. The summed E-state index contributed by atoms with van der Waals surface area (Å²) in [6.07, 6.45) is 6.53. The van der Waals surface area contributed by atoms with Crippen LogP contribution in [0.2, 0.25) is 0 Å². The molecule has 1 amide bonds. The van der Waals surface area contributed by atoms with E-state index in [1.54, 1.807) is 0 Å². The van der Waals surface area contributed by atoms with E-state index in [0.29, 0.717) is 12.5 Å². The highest BCUT2D eigenvalue weighted by atomic mass is 32.2. The number of aromatic nitrogens is 3. The number of hydrogen-bond donors (Lipinski definition) is 1. The number of aryl methyl sites for hydroxylation is 1. The largest absolute Gasteiger partial charge is 0.345 e. The molecule has 3 rings (SSSR count). The lowest BCUT2D eigenvalue weighted by Gasteiger charge is -2.25. The summed E-state index contributed by atoms with van der Waals surface area (Å²) in [5.74, 6) is 0.935. The predicted octanol–water partition coefficient (Wildman–Crippen LogP) is 3.50. The Morgan fingerprint density at radius 2 is 1.89 bits per heavy atom. The molecule has 150 valence electrons. The van der Waals surface area contributed by atoms with Crippen LogP contribution >= 0.6 is 11.8 Å². The van der Waals surface area contributed by atoms with Gasteiger partial charge in [0.25, 0.3) is 0 Å². The molecule has 1 N–H and O–H groups in total. The van der Waals surface area contributed by atoms with Gasteiger partial charge in [-0.1, -0.05) is 61.4 Å². The molecule has 0 saturated heterocycles. The monoisotopic (exact) mass is 400 g/mol. The van der Waals surface area contributed by atoms with Gasteiger partial charge in [-0.2, -0.15) is 0 Å². The van der Waals surface area contributed by atoms with Gasteiger partial charge in [0.15, 0.2) is 10.9 Å². The lowest BCUT2D eigenvalue weighted by molar-refractivity contribution is -0.125. The summed E-state index contributed by atoms with van der Waals surface area (Å²) >= 11 is 1.40. The van der Waals surface area contributed by atoms with Gasteiger partial charge in [0.1, 0.15) is 5.82 Å². The van der Waals surface area contributed by atoms with Gasteiger partial charge in [-0.3, -0.25) is 9.59 Å². The molecular formula is C21H28N4O2S. The van der Waals surface area contributed by atoms with E-state index in [9.17, 15) is 9.59 Å². The molecule has 1 aliphatic rings. The maximum Gasteiger partial charge on any atom is 0.231 e. The lowest BCUT2D eigenvalue weighted by Crippen LogP contribution is -2.42. The molecule has 0 radical (unpaired) electrons. The molecule has 0 unspecified atom stereocenters. The molecule has 6 nitrogen and oxygen atoms in total. The number of thioether (sulfide) groups is 1. The molecule has 1 aromatic heterocycles. The second-order valence-corrected chi connectivity index (χ2v) is 8.34. The fourth-order valence-corrected chi connectivity index (χ4v) is 4.58. The van der Waals surface area contributed by atoms with Gasteiger partial charge in [0, 0.05) is 6.04 Å². The summed E-state index contributed by atoms with van der Waals surface area (Å²) in [7, 11) is 0. The minimum atomic E-state index is -0.506. The maximum absolute atomic E-state index is 12.5. The predicted molar refractivity (Wildman–Crippen MR) is 110 cm³/mol. The van der Waals surface area contributed by atoms with Crippen molar-refractivity contribution in [1.29, 1.82) is 0 Å². The Hall–Kier alpha value is -2.15. The van der Waals surface area contributed by atoms with Crippen molar-refractivity contribution in [2.24, 2.45) is 0 Å². The molecule has 0 bridgehead atoms. The molecule has 28 heavy (non-hydrogen) atoms. The Bertz CT molecular complexity index is 800. The standard InChI is InChI=1S/C21H28N4O2S/c1-15(26)19(13-17-9-5-3-6-10-17)22-20(27)14-28-21-24-23-16(2)25(21)18-11-7-4-8-12-18/h3,5-6,9-10,18-19H,4,7-8,11-14H2,1-2H3,(H,22,27)/t19-/m1/s1. The highest BCUT2D eigenvalue weighted by Gasteiger charge is 2.23. The topological polar surface area (TPSA) is 76.9 Å². The third-order valence-corrected chi connectivity index (χ3v) is 6.16. The quantitative estimate of drug-likeness (QED) is 0.686. The van der Waals surface area contributed by atoms with E-state index in [4.69, 9.17) is 0 Å². The minimum absolute atomic E-state index is 0.0385. The average Bonchev–Trinajstić information content (AvgIpc) is 3.07. The van der Waals surface area contributed by atoms with Crippen molar-refractivity contribution in [2.45, 2.75) is 69.6 Å². The third-order valence-electron chi connectivity index (χ3n) is 5.22. The number of hydrogen-bond acceptors (Lipinski definition) is 5. The molecule has 1 aliphatic carbocycles. The number of Topliss-reactive ketones (excluding diaryl/α,β-unsaturated/α-hetero) is 1. The summed E-state index contributed by atoms with van der Waals surface area (Å²) < 4.78 is 2.18. The SMILES string of the molecule is CC(=O)[C@@H](Cc1ccccc1)NC(=O)CSc1nnc(C)n1C1CCCCC1. The second kappa shape index (κ2) is 9.87. The first-order chi connectivity index (χ1) is 13.5. The average molecular weight is 401 g/mol. The number of amides is 1. The van der Waals surface area contributed by atoms with E-state index < -0.39 is 6.04 Å². The number of carbonyl (C=O) groups excluding carboxylic acids is 2. The van der Waals surface area contributed by atoms with Crippen molar-refractivity contribution < 1.29 is 9.59 Å². The molecule has 2 aromatic rings. The number of rotatable bonds is 8. The first kappa shape index (κ1) is 20.6. The van der Waals surface area contributed by atoms with Gasteiger partial charge in [-0.25, -0.2) is 0 Å². The van der Waals surface area contributed by atoms with E-state index in [1.807, 2.05) is 37.3 Å². The Labute approximate surface area is 170 Å². The Morgan fingerprint density at radius 1 is 1.18 bits per heavy atom. The van der Waals surface area contributed by atoms with Gasteiger partial charge in [-0.15, -0.1) is 10.2 Å². The summed E-state index contributed by atoms with van der Waals surface area (Å²) in [4.78, 5) is 24.4. The van der Waals surface area contributed by atoms with Gasteiger partial charge >= 0.3 is 0 Å².